The van der Waals surface area contributed by atoms with Crippen LogP contribution >= 0.6 is 0 Å². The Morgan fingerprint density at radius 2 is 2.14 bits per heavy atom. The van der Waals surface area contributed by atoms with Gasteiger partial charge < -0.3 is 10.2 Å². The molecule has 0 aromatic heterocycles. The van der Waals surface area contributed by atoms with Crippen LogP contribution in [-0.2, 0) is 6.42 Å². The maximum Gasteiger partial charge on any atom is 0.0373 e. The van der Waals surface area contributed by atoms with Gasteiger partial charge in [-0.15, -0.1) is 0 Å². The van der Waals surface area contributed by atoms with Gasteiger partial charge in [0.2, 0.25) is 0 Å². The second-order valence-electron chi connectivity index (χ2n) is 6.59. The number of aryl methyl sites for hydroxylation is 1. The first kappa shape index (κ1) is 14.9. The van der Waals surface area contributed by atoms with Crippen molar-refractivity contribution in [2.45, 2.75) is 44.7 Å². The lowest BCUT2D eigenvalue weighted by molar-refractivity contribution is 0.163. The third-order valence-corrected chi connectivity index (χ3v) is 5.32. The highest BCUT2D eigenvalue weighted by Gasteiger charge is 2.27. The van der Waals surface area contributed by atoms with E-state index in [0.717, 1.165) is 12.6 Å². The van der Waals surface area contributed by atoms with Gasteiger partial charge >= 0.3 is 0 Å². The summed E-state index contributed by atoms with van der Waals surface area (Å²) in [4.78, 5) is 5.24. The Bertz CT molecular complexity index is 433. The molecule has 1 aromatic carbocycles. The van der Waals surface area contributed by atoms with Crippen molar-refractivity contribution in [3.63, 3.8) is 0 Å². The summed E-state index contributed by atoms with van der Waals surface area (Å²) in [6.45, 7) is 7.08. The van der Waals surface area contributed by atoms with Crippen molar-refractivity contribution in [1.29, 1.82) is 0 Å². The molecular formula is C18H29N3. The minimum absolute atomic E-state index is 0.650. The molecule has 1 N–H and O–H groups in total. The van der Waals surface area contributed by atoms with E-state index in [0.29, 0.717) is 6.04 Å². The minimum Gasteiger partial charge on any atom is -0.383 e. The van der Waals surface area contributed by atoms with Gasteiger partial charge in [0.1, 0.15) is 0 Å². The molecule has 0 radical (unpaired) electrons. The van der Waals surface area contributed by atoms with E-state index in [2.05, 4.69) is 53.4 Å². The topological polar surface area (TPSA) is 18.5 Å². The minimum atomic E-state index is 0.650. The Balaban J connectivity index is 1.58. The molecule has 0 amide bonds. The third kappa shape index (κ3) is 3.41. The summed E-state index contributed by atoms with van der Waals surface area (Å²) in [5, 5.41) is 3.65. The van der Waals surface area contributed by atoms with Gasteiger partial charge in [0.15, 0.2) is 0 Å². The number of likely N-dealkylation sites (tertiary alicyclic amines) is 1. The standard InChI is InChI=1S/C18H29N3/c1-3-21-12-6-8-17(21)14-20(2)16-11-10-15-7-4-5-9-18(15)19-13-16/h4-5,7,9,16-17,19H,3,6,8,10-14H2,1-2H3. The second-order valence-corrected chi connectivity index (χ2v) is 6.59. The number of para-hydroxylation sites is 1. The van der Waals surface area contributed by atoms with Gasteiger partial charge in [-0.2, -0.15) is 0 Å². The molecule has 0 aliphatic carbocycles. The van der Waals surface area contributed by atoms with Crippen molar-refractivity contribution in [2.75, 3.05) is 38.5 Å². The van der Waals surface area contributed by atoms with Crippen LogP contribution in [0, 0.1) is 0 Å². The first-order valence-corrected chi connectivity index (χ1v) is 8.54. The Labute approximate surface area is 129 Å². The van der Waals surface area contributed by atoms with Crippen molar-refractivity contribution in [1.82, 2.24) is 9.80 Å². The van der Waals surface area contributed by atoms with E-state index in [1.807, 2.05) is 0 Å². The highest BCUT2D eigenvalue weighted by molar-refractivity contribution is 5.52. The zero-order valence-electron chi connectivity index (χ0n) is 13.5. The molecule has 2 aliphatic heterocycles. The second kappa shape index (κ2) is 6.80. The van der Waals surface area contributed by atoms with Gasteiger partial charge in [-0.3, -0.25) is 4.90 Å². The van der Waals surface area contributed by atoms with E-state index in [4.69, 9.17) is 0 Å². The summed E-state index contributed by atoms with van der Waals surface area (Å²) in [5.74, 6) is 0. The number of fused-ring (bicyclic) bond motifs is 1. The molecule has 3 nitrogen and oxygen atoms in total. The van der Waals surface area contributed by atoms with Crippen LogP contribution in [0.1, 0.15) is 31.7 Å². The molecule has 2 atom stereocenters. The molecule has 3 heteroatoms. The SMILES string of the molecule is CCN1CCCC1CN(C)C1CCc2ccccc2NC1. The lowest BCUT2D eigenvalue weighted by Crippen LogP contribution is -2.45. The van der Waals surface area contributed by atoms with Crippen LogP contribution in [0.25, 0.3) is 0 Å². The Morgan fingerprint density at radius 3 is 3.00 bits per heavy atom. The van der Waals surface area contributed by atoms with Crippen LogP contribution in [0.5, 0.6) is 0 Å². The predicted molar refractivity (Wildman–Crippen MR) is 89.9 cm³/mol. The number of likely N-dealkylation sites (N-methyl/N-ethyl adjacent to an activating group) is 2. The molecule has 2 heterocycles. The van der Waals surface area contributed by atoms with E-state index < -0.39 is 0 Å². The number of nitrogens with one attached hydrogen (secondary N) is 1. The molecule has 3 rings (SSSR count). The van der Waals surface area contributed by atoms with Gasteiger partial charge in [0.05, 0.1) is 0 Å². The normalized spacial score (nSPS) is 26.4. The lowest BCUT2D eigenvalue weighted by atomic mass is 10.0. The first-order valence-electron chi connectivity index (χ1n) is 8.54. The molecule has 1 aromatic rings. The van der Waals surface area contributed by atoms with Crippen molar-refractivity contribution in [3.8, 4) is 0 Å². The molecule has 0 spiro atoms. The Hall–Kier alpha value is -1.06. The van der Waals surface area contributed by atoms with E-state index in [1.54, 1.807) is 0 Å². The van der Waals surface area contributed by atoms with Gasteiger partial charge in [-0.25, -0.2) is 0 Å². The summed E-state index contributed by atoms with van der Waals surface area (Å²) in [6, 6.07) is 10.2. The number of hydrogen-bond donors (Lipinski definition) is 1. The average Bonchev–Trinajstić information content (AvgIpc) is 2.83. The number of rotatable bonds is 4. The molecule has 1 saturated heterocycles. The first-order chi connectivity index (χ1) is 10.3. The van der Waals surface area contributed by atoms with Gasteiger partial charge in [-0.05, 0) is 57.5 Å². The van der Waals surface area contributed by atoms with Crippen molar-refractivity contribution in [3.05, 3.63) is 29.8 Å². The van der Waals surface area contributed by atoms with Crippen LogP contribution in [0.2, 0.25) is 0 Å². The number of hydrogen-bond acceptors (Lipinski definition) is 3. The van der Waals surface area contributed by atoms with Gasteiger partial charge in [-0.1, -0.05) is 25.1 Å². The molecule has 116 valence electrons. The Morgan fingerprint density at radius 1 is 1.29 bits per heavy atom. The molecule has 2 aliphatic rings. The average molecular weight is 287 g/mol. The van der Waals surface area contributed by atoms with Gasteiger partial charge in [0.25, 0.3) is 0 Å². The van der Waals surface area contributed by atoms with Crippen molar-refractivity contribution < 1.29 is 0 Å². The van der Waals surface area contributed by atoms with Crippen LogP contribution in [-0.4, -0.2) is 55.1 Å². The number of benzene rings is 1. The third-order valence-electron chi connectivity index (χ3n) is 5.32. The number of nitrogens with zero attached hydrogens (tertiary/aromatic N) is 2. The lowest BCUT2D eigenvalue weighted by Gasteiger charge is -2.32. The fraction of sp³-hybridized carbons (Fsp3) is 0.667. The summed E-state index contributed by atoms with van der Waals surface area (Å²) in [5.41, 5.74) is 2.81. The molecule has 1 fully saturated rings. The fourth-order valence-electron chi connectivity index (χ4n) is 3.94. The molecule has 2 unspecified atom stereocenters. The monoisotopic (exact) mass is 287 g/mol. The summed E-state index contributed by atoms with van der Waals surface area (Å²) in [7, 11) is 2.31. The molecule has 0 bridgehead atoms. The predicted octanol–water partition coefficient (Wildman–Crippen LogP) is 2.83. The van der Waals surface area contributed by atoms with Gasteiger partial charge in [0, 0.05) is 30.9 Å². The summed E-state index contributed by atoms with van der Waals surface area (Å²) in [6.07, 6.45) is 5.21. The molecular weight excluding hydrogens is 258 g/mol. The van der Waals surface area contributed by atoms with Crippen LogP contribution in [0.15, 0.2) is 24.3 Å². The maximum atomic E-state index is 3.65. The fourth-order valence-corrected chi connectivity index (χ4v) is 3.94. The summed E-state index contributed by atoms with van der Waals surface area (Å²) >= 11 is 0. The summed E-state index contributed by atoms with van der Waals surface area (Å²) < 4.78 is 0. The Kier molecular flexibility index (Phi) is 4.81. The van der Waals surface area contributed by atoms with Crippen LogP contribution in [0.4, 0.5) is 5.69 Å². The number of anilines is 1. The van der Waals surface area contributed by atoms with E-state index in [-0.39, 0.29) is 0 Å². The van der Waals surface area contributed by atoms with E-state index in [9.17, 15) is 0 Å². The van der Waals surface area contributed by atoms with Crippen LogP contribution < -0.4 is 5.32 Å². The van der Waals surface area contributed by atoms with Crippen molar-refractivity contribution in [2.24, 2.45) is 0 Å². The zero-order valence-corrected chi connectivity index (χ0v) is 13.5. The van der Waals surface area contributed by atoms with Crippen LogP contribution in [0.3, 0.4) is 0 Å². The quantitative estimate of drug-likeness (QED) is 0.918. The highest BCUT2D eigenvalue weighted by atomic mass is 15.2. The molecule has 21 heavy (non-hydrogen) atoms. The maximum absolute atomic E-state index is 3.65. The smallest absolute Gasteiger partial charge is 0.0373 e. The van der Waals surface area contributed by atoms with E-state index in [1.165, 1.54) is 56.6 Å². The molecule has 0 saturated carbocycles. The van der Waals surface area contributed by atoms with Crippen molar-refractivity contribution >= 4 is 5.69 Å². The zero-order chi connectivity index (χ0) is 14.7. The highest BCUT2D eigenvalue weighted by Crippen LogP contribution is 2.24. The largest absolute Gasteiger partial charge is 0.383 e. The van der Waals surface area contributed by atoms with E-state index >= 15 is 0 Å².